The van der Waals surface area contributed by atoms with Crippen molar-refractivity contribution in [3.05, 3.63) is 101 Å². The Hall–Kier alpha value is -3.67. The van der Waals surface area contributed by atoms with Crippen molar-refractivity contribution in [3.63, 3.8) is 0 Å². The average Bonchev–Trinajstić information content (AvgIpc) is 2.86. The molecular formula is C28H29FN2O3. The summed E-state index contributed by atoms with van der Waals surface area (Å²) in [6.45, 7) is 1.18. The molecular weight excluding hydrogens is 431 g/mol. The molecule has 0 saturated carbocycles. The highest BCUT2D eigenvalue weighted by Gasteiger charge is 2.28. The number of hydrogen-bond donors (Lipinski definition) is 0. The third kappa shape index (κ3) is 5.45. The fourth-order valence-corrected chi connectivity index (χ4v) is 4.28. The van der Waals surface area contributed by atoms with Crippen molar-refractivity contribution in [3.8, 4) is 5.75 Å². The quantitative estimate of drug-likeness (QED) is 0.563. The van der Waals surface area contributed by atoms with E-state index in [1.54, 1.807) is 41.1 Å². The Morgan fingerprint density at radius 1 is 0.941 bits per heavy atom. The number of carbonyl (C=O) groups excluding carboxylic acids is 2. The number of carbonyl (C=O) groups is 2. The Labute approximate surface area is 199 Å². The van der Waals surface area contributed by atoms with E-state index < -0.39 is 5.82 Å². The molecule has 5 nitrogen and oxygen atoms in total. The van der Waals surface area contributed by atoms with Crippen LogP contribution < -0.4 is 4.74 Å². The van der Waals surface area contributed by atoms with Crippen LogP contribution in [0.2, 0.25) is 0 Å². The number of hydrogen-bond acceptors (Lipinski definition) is 3. The van der Waals surface area contributed by atoms with Crippen molar-refractivity contribution in [1.29, 1.82) is 0 Å². The summed E-state index contributed by atoms with van der Waals surface area (Å²) >= 11 is 0. The molecule has 34 heavy (non-hydrogen) atoms. The average molecular weight is 461 g/mol. The summed E-state index contributed by atoms with van der Waals surface area (Å²) < 4.78 is 20.7. The van der Waals surface area contributed by atoms with Gasteiger partial charge >= 0.3 is 0 Å². The predicted molar refractivity (Wildman–Crippen MR) is 130 cm³/mol. The van der Waals surface area contributed by atoms with Gasteiger partial charge in [0.25, 0.3) is 11.8 Å². The number of halogens is 1. The minimum Gasteiger partial charge on any atom is -0.491 e. The number of nitrogens with zero attached hydrogens (tertiary/aromatic N) is 2. The van der Waals surface area contributed by atoms with E-state index in [2.05, 4.69) is 0 Å². The van der Waals surface area contributed by atoms with Crippen LogP contribution in [0.5, 0.6) is 5.75 Å². The summed E-state index contributed by atoms with van der Waals surface area (Å²) in [5.74, 6) is -0.488. The van der Waals surface area contributed by atoms with E-state index in [0.717, 1.165) is 12.0 Å². The molecule has 0 aromatic heterocycles. The van der Waals surface area contributed by atoms with Crippen LogP contribution in [0.4, 0.5) is 4.39 Å². The number of amides is 2. The van der Waals surface area contributed by atoms with Gasteiger partial charge in [-0.25, -0.2) is 4.39 Å². The minimum atomic E-state index is -0.534. The van der Waals surface area contributed by atoms with Crippen molar-refractivity contribution in [2.75, 3.05) is 26.7 Å². The van der Waals surface area contributed by atoms with E-state index in [0.29, 0.717) is 37.2 Å². The van der Waals surface area contributed by atoms with Crippen molar-refractivity contribution < 1.29 is 18.7 Å². The van der Waals surface area contributed by atoms with Crippen LogP contribution in [0.15, 0.2) is 78.9 Å². The molecule has 1 aliphatic heterocycles. The molecule has 0 saturated heterocycles. The smallest absolute Gasteiger partial charge is 0.257 e. The number of para-hydroxylation sites is 1. The lowest BCUT2D eigenvalue weighted by Gasteiger charge is -2.33. The van der Waals surface area contributed by atoms with Gasteiger partial charge in [0, 0.05) is 20.1 Å². The van der Waals surface area contributed by atoms with Gasteiger partial charge in [-0.05, 0) is 49.1 Å². The summed E-state index contributed by atoms with van der Waals surface area (Å²) in [4.78, 5) is 29.9. The lowest BCUT2D eigenvalue weighted by atomic mass is 10.0. The molecule has 0 unspecified atom stereocenters. The highest BCUT2D eigenvalue weighted by molar-refractivity contribution is 5.97. The Kier molecular flexibility index (Phi) is 7.58. The first-order valence-electron chi connectivity index (χ1n) is 11.6. The SMILES string of the molecule is CN1CCCCN(C(=O)c2ccccc2F)[C@H](Cc2ccccc2)COc2ccccc2C1=O. The molecule has 4 rings (SSSR count). The van der Waals surface area contributed by atoms with Crippen LogP contribution in [0, 0.1) is 5.82 Å². The van der Waals surface area contributed by atoms with E-state index in [9.17, 15) is 14.0 Å². The lowest BCUT2D eigenvalue weighted by Crippen LogP contribution is -2.46. The molecule has 0 spiro atoms. The number of fused-ring (bicyclic) bond motifs is 1. The molecule has 0 N–H and O–H groups in total. The minimum absolute atomic E-state index is 0.0559. The second-order valence-corrected chi connectivity index (χ2v) is 8.56. The number of ether oxygens (including phenoxy) is 1. The molecule has 0 fully saturated rings. The summed E-state index contributed by atoms with van der Waals surface area (Å²) in [6.07, 6.45) is 1.96. The zero-order chi connectivity index (χ0) is 23.9. The molecule has 0 aliphatic carbocycles. The fraction of sp³-hybridized carbons (Fsp3) is 0.286. The van der Waals surface area contributed by atoms with E-state index in [-0.39, 0.29) is 30.0 Å². The normalized spacial score (nSPS) is 17.2. The maximum absolute atomic E-state index is 14.6. The Morgan fingerprint density at radius 2 is 1.62 bits per heavy atom. The first-order valence-corrected chi connectivity index (χ1v) is 11.6. The predicted octanol–water partition coefficient (Wildman–Crippen LogP) is 4.82. The molecule has 3 aromatic rings. The summed E-state index contributed by atoms with van der Waals surface area (Å²) in [6, 6.07) is 22.8. The lowest BCUT2D eigenvalue weighted by molar-refractivity contribution is 0.0586. The maximum Gasteiger partial charge on any atom is 0.257 e. The Morgan fingerprint density at radius 3 is 2.41 bits per heavy atom. The van der Waals surface area contributed by atoms with Crippen molar-refractivity contribution in [2.24, 2.45) is 0 Å². The van der Waals surface area contributed by atoms with E-state index >= 15 is 0 Å². The third-order valence-corrected chi connectivity index (χ3v) is 6.16. The first kappa shape index (κ1) is 23.5. The Bertz CT molecular complexity index is 1140. The van der Waals surface area contributed by atoms with E-state index in [1.165, 1.54) is 12.1 Å². The molecule has 1 atom stereocenters. The highest BCUT2D eigenvalue weighted by atomic mass is 19.1. The summed E-state index contributed by atoms with van der Waals surface area (Å²) in [5, 5.41) is 0. The van der Waals surface area contributed by atoms with Crippen molar-refractivity contribution in [1.82, 2.24) is 9.80 Å². The van der Waals surface area contributed by atoms with Gasteiger partial charge in [-0.3, -0.25) is 9.59 Å². The first-order chi connectivity index (χ1) is 16.5. The van der Waals surface area contributed by atoms with E-state index in [1.807, 2.05) is 42.5 Å². The molecule has 2 amide bonds. The topological polar surface area (TPSA) is 49.9 Å². The molecule has 176 valence electrons. The maximum atomic E-state index is 14.6. The second kappa shape index (κ2) is 11.0. The molecule has 0 bridgehead atoms. The summed E-state index contributed by atoms with van der Waals surface area (Å²) in [7, 11) is 1.77. The van der Waals surface area contributed by atoms with Gasteiger partial charge in [0.1, 0.15) is 18.2 Å². The highest BCUT2D eigenvalue weighted by Crippen LogP contribution is 2.23. The standard InChI is InChI=1S/C28H29FN2O3/c1-30-17-9-10-18-31(28(33)23-13-5-7-15-25(23)29)22(19-21-11-3-2-4-12-21)20-34-26-16-8-6-14-24(26)27(30)32/h2-8,11-16,22H,9-10,17-20H2,1H3/t22-/m1/s1. The molecule has 1 heterocycles. The van der Waals surface area contributed by atoms with Crippen LogP contribution >= 0.6 is 0 Å². The van der Waals surface area contributed by atoms with Crippen LogP contribution in [-0.4, -0.2) is 54.4 Å². The van der Waals surface area contributed by atoms with Crippen LogP contribution in [0.25, 0.3) is 0 Å². The van der Waals surface area contributed by atoms with Gasteiger partial charge in [-0.1, -0.05) is 54.6 Å². The van der Waals surface area contributed by atoms with Crippen LogP contribution in [0.1, 0.15) is 39.1 Å². The summed E-state index contributed by atoms with van der Waals surface area (Å²) in [5.41, 5.74) is 1.61. The van der Waals surface area contributed by atoms with Crippen LogP contribution in [0.3, 0.4) is 0 Å². The Balaban J connectivity index is 1.70. The van der Waals surface area contributed by atoms with Gasteiger partial charge < -0.3 is 14.5 Å². The zero-order valence-electron chi connectivity index (χ0n) is 19.3. The monoisotopic (exact) mass is 460 g/mol. The molecule has 1 aliphatic rings. The zero-order valence-corrected chi connectivity index (χ0v) is 19.3. The van der Waals surface area contributed by atoms with Crippen molar-refractivity contribution in [2.45, 2.75) is 25.3 Å². The van der Waals surface area contributed by atoms with Gasteiger partial charge in [-0.2, -0.15) is 0 Å². The van der Waals surface area contributed by atoms with Crippen LogP contribution in [-0.2, 0) is 6.42 Å². The third-order valence-electron chi connectivity index (χ3n) is 6.16. The van der Waals surface area contributed by atoms with Crippen molar-refractivity contribution >= 4 is 11.8 Å². The van der Waals surface area contributed by atoms with Gasteiger partial charge in [0.15, 0.2) is 0 Å². The molecule has 0 radical (unpaired) electrons. The fourth-order valence-electron chi connectivity index (χ4n) is 4.28. The van der Waals surface area contributed by atoms with Gasteiger partial charge in [-0.15, -0.1) is 0 Å². The van der Waals surface area contributed by atoms with Gasteiger partial charge in [0.05, 0.1) is 17.2 Å². The molecule has 3 aromatic carbocycles. The number of benzene rings is 3. The largest absolute Gasteiger partial charge is 0.491 e. The second-order valence-electron chi connectivity index (χ2n) is 8.56. The van der Waals surface area contributed by atoms with Gasteiger partial charge in [0.2, 0.25) is 0 Å². The molecule has 6 heteroatoms. The number of rotatable bonds is 3. The van der Waals surface area contributed by atoms with E-state index in [4.69, 9.17) is 4.74 Å².